The molecule has 2 aromatic rings. The van der Waals surface area contributed by atoms with Gasteiger partial charge in [0.2, 0.25) is 0 Å². The van der Waals surface area contributed by atoms with Gasteiger partial charge in [-0.2, -0.15) is 5.10 Å². The summed E-state index contributed by atoms with van der Waals surface area (Å²) in [5.74, 6) is 0.650. The minimum atomic E-state index is -0.174. The van der Waals surface area contributed by atoms with Crippen molar-refractivity contribution < 1.29 is 4.52 Å². The van der Waals surface area contributed by atoms with Crippen LogP contribution in [0, 0.1) is 19.3 Å². The summed E-state index contributed by atoms with van der Waals surface area (Å²) in [4.78, 5) is 17.4. The lowest BCUT2D eigenvalue weighted by Gasteiger charge is -2.35. The smallest absolute Gasteiger partial charge is 0.298 e. The van der Waals surface area contributed by atoms with Crippen LogP contribution in [0.15, 0.2) is 9.32 Å². The third-order valence-corrected chi connectivity index (χ3v) is 4.91. The molecule has 0 amide bonds. The van der Waals surface area contributed by atoms with E-state index in [9.17, 15) is 4.79 Å². The molecule has 7 heteroatoms. The highest BCUT2D eigenvalue weighted by atomic mass is 16.5. The van der Waals surface area contributed by atoms with Crippen LogP contribution in [0.25, 0.3) is 10.9 Å². The molecule has 0 unspecified atom stereocenters. The normalized spacial score (nSPS) is 17.5. The van der Waals surface area contributed by atoms with E-state index in [0.717, 1.165) is 43.8 Å². The summed E-state index contributed by atoms with van der Waals surface area (Å²) in [5.41, 5.74) is 1.37. The first-order valence-corrected chi connectivity index (χ1v) is 9.03. The van der Waals surface area contributed by atoms with Gasteiger partial charge in [-0.05, 0) is 32.2 Å². The van der Waals surface area contributed by atoms with Gasteiger partial charge >= 0.3 is 0 Å². The fourth-order valence-corrected chi connectivity index (χ4v) is 3.28. The molecule has 0 radical (unpaired) electrons. The average Bonchev–Trinajstić information content (AvgIpc) is 2.93. The molecule has 0 aromatic carbocycles. The van der Waals surface area contributed by atoms with Crippen molar-refractivity contribution >= 4 is 10.9 Å². The Hall–Kier alpha value is -1.73. The van der Waals surface area contributed by atoms with E-state index in [1.165, 1.54) is 11.1 Å². The van der Waals surface area contributed by atoms with Crippen LogP contribution < -0.4 is 5.56 Å². The quantitative estimate of drug-likeness (QED) is 0.843. The van der Waals surface area contributed by atoms with Gasteiger partial charge in [0.1, 0.15) is 5.76 Å². The molecule has 7 nitrogen and oxygen atoms in total. The number of piperazine rings is 1. The van der Waals surface area contributed by atoms with Crippen LogP contribution in [0.1, 0.15) is 38.6 Å². The largest absolute Gasteiger partial charge is 0.360 e. The van der Waals surface area contributed by atoms with Crippen molar-refractivity contribution in [3.63, 3.8) is 0 Å². The van der Waals surface area contributed by atoms with Gasteiger partial charge in [-0.1, -0.05) is 25.9 Å². The first-order valence-electron chi connectivity index (χ1n) is 9.03. The van der Waals surface area contributed by atoms with Gasteiger partial charge in [0, 0.05) is 26.2 Å². The molecule has 1 aliphatic rings. The van der Waals surface area contributed by atoms with Gasteiger partial charge in [0.05, 0.1) is 17.7 Å². The van der Waals surface area contributed by atoms with E-state index in [0.29, 0.717) is 23.4 Å². The molecule has 2 aromatic heterocycles. The van der Waals surface area contributed by atoms with Crippen LogP contribution in [0.5, 0.6) is 0 Å². The highest BCUT2D eigenvalue weighted by Gasteiger charge is 2.21. The molecule has 25 heavy (non-hydrogen) atoms. The molecule has 0 atom stereocenters. The first-order chi connectivity index (χ1) is 11.7. The zero-order chi connectivity index (χ0) is 18.2. The van der Waals surface area contributed by atoms with Gasteiger partial charge in [-0.25, -0.2) is 4.68 Å². The van der Waals surface area contributed by atoms with Crippen molar-refractivity contribution in [1.82, 2.24) is 24.7 Å². The Morgan fingerprint density at radius 2 is 1.72 bits per heavy atom. The third kappa shape index (κ3) is 4.10. The van der Waals surface area contributed by atoms with Crippen molar-refractivity contribution in [2.24, 2.45) is 5.41 Å². The maximum Gasteiger partial charge on any atom is 0.298 e. The molecule has 0 N–H and O–H groups in total. The monoisotopic (exact) mass is 347 g/mol. The molecule has 138 valence electrons. The second-order valence-corrected chi connectivity index (χ2v) is 8.26. The number of nitrogens with zero attached hydrogens (tertiary/aromatic N) is 5. The molecule has 1 fully saturated rings. The number of hydrogen-bond acceptors (Lipinski definition) is 6. The second kappa shape index (κ2) is 6.88. The fourth-order valence-electron chi connectivity index (χ4n) is 3.28. The minimum absolute atomic E-state index is 0.174. The zero-order valence-corrected chi connectivity index (χ0v) is 16.0. The Balaban J connectivity index is 1.64. The summed E-state index contributed by atoms with van der Waals surface area (Å²) in [6.07, 6.45) is 1.20. The Bertz CT molecular complexity index is 794. The van der Waals surface area contributed by atoms with Crippen LogP contribution in [-0.4, -0.2) is 57.5 Å². The van der Waals surface area contributed by atoms with Gasteiger partial charge in [-0.15, -0.1) is 0 Å². The number of fused-ring (bicyclic) bond motifs is 1. The molecular formula is C18H29N5O2. The maximum atomic E-state index is 12.6. The molecule has 1 aliphatic heterocycles. The van der Waals surface area contributed by atoms with E-state index in [1.54, 1.807) is 0 Å². The third-order valence-electron chi connectivity index (χ3n) is 4.91. The van der Waals surface area contributed by atoms with Crippen LogP contribution in [-0.2, 0) is 6.67 Å². The number of hydrogen-bond donors (Lipinski definition) is 0. The zero-order valence-electron chi connectivity index (χ0n) is 16.0. The number of aromatic nitrogens is 3. The summed E-state index contributed by atoms with van der Waals surface area (Å²) in [6, 6.07) is 0. The van der Waals surface area contributed by atoms with Crippen molar-refractivity contribution in [1.29, 1.82) is 0 Å². The Labute approximate surface area is 148 Å². The van der Waals surface area contributed by atoms with Crippen LogP contribution in [0.4, 0.5) is 0 Å². The Morgan fingerprint density at radius 1 is 1.08 bits per heavy atom. The predicted octanol–water partition coefficient (Wildman–Crippen LogP) is 2.01. The van der Waals surface area contributed by atoms with Crippen molar-refractivity contribution in [2.75, 3.05) is 32.7 Å². The maximum absolute atomic E-state index is 12.6. The van der Waals surface area contributed by atoms with Crippen LogP contribution in [0.2, 0.25) is 0 Å². The topological polar surface area (TPSA) is 67.4 Å². The summed E-state index contributed by atoms with van der Waals surface area (Å²) in [5, 5.41) is 9.12. The molecule has 3 rings (SSSR count). The lowest BCUT2D eigenvalue weighted by atomic mass is 9.92. The molecular weight excluding hydrogens is 318 g/mol. The van der Waals surface area contributed by atoms with Crippen molar-refractivity contribution in [3.05, 3.63) is 21.8 Å². The summed E-state index contributed by atoms with van der Waals surface area (Å²) < 4.78 is 6.68. The fraction of sp³-hybridized carbons (Fsp3) is 0.722. The molecule has 1 saturated heterocycles. The molecule has 0 aliphatic carbocycles. The molecule has 3 heterocycles. The van der Waals surface area contributed by atoms with E-state index in [1.807, 2.05) is 13.8 Å². The number of rotatable bonds is 4. The molecule has 0 bridgehead atoms. The number of aryl methyl sites for hydroxylation is 2. The highest BCUT2D eigenvalue weighted by molar-refractivity contribution is 5.81. The lowest BCUT2D eigenvalue weighted by Crippen LogP contribution is -2.48. The van der Waals surface area contributed by atoms with Crippen LogP contribution in [0.3, 0.4) is 0 Å². The Kier molecular flexibility index (Phi) is 4.97. The molecule has 0 saturated carbocycles. The standard InChI is InChI=1S/C18H29N5O2/c1-13-15-14(2)25-20-16(15)17(24)23(19-13)12-22-10-8-21(9-11-22)7-6-18(3,4)5/h6-12H2,1-5H3. The lowest BCUT2D eigenvalue weighted by molar-refractivity contribution is 0.0937. The van der Waals surface area contributed by atoms with Crippen LogP contribution >= 0.6 is 0 Å². The van der Waals surface area contributed by atoms with Crippen molar-refractivity contribution in [3.8, 4) is 0 Å². The minimum Gasteiger partial charge on any atom is -0.360 e. The Morgan fingerprint density at radius 3 is 2.36 bits per heavy atom. The van der Waals surface area contributed by atoms with Gasteiger partial charge in [-0.3, -0.25) is 9.69 Å². The second-order valence-electron chi connectivity index (χ2n) is 8.26. The first kappa shape index (κ1) is 18.1. The van der Waals surface area contributed by atoms with Gasteiger partial charge in [0.15, 0.2) is 5.52 Å². The van der Waals surface area contributed by atoms with E-state index in [4.69, 9.17) is 4.52 Å². The summed E-state index contributed by atoms with van der Waals surface area (Å²) in [6.45, 7) is 16.2. The summed E-state index contributed by atoms with van der Waals surface area (Å²) in [7, 11) is 0. The average molecular weight is 347 g/mol. The van der Waals surface area contributed by atoms with E-state index >= 15 is 0 Å². The highest BCUT2D eigenvalue weighted by Crippen LogP contribution is 2.19. The predicted molar refractivity (Wildman–Crippen MR) is 97.6 cm³/mol. The van der Waals surface area contributed by atoms with Gasteiger partial charge < -0.3 is 9.42 Å². The van der Waals surface area contributed by atoms with E-state index in [-0.39, 0.29) is 5.56 Å². The SMILES string of the molecule is Cc1nn(CN2CCN(CCC(C)(C)C)CC2)c(=O)c2noc(C)c12. The van der Waals surface area contributed by atoms with Crippen molar-refractivity contribution in [2.45, 2.75) is 47.7 Å². The van der Waals surface area contributed by atoms with E-state index < -0.39 is 0 Å². The van der Waals surface area contributed by atoms with Gasteiger partial charge in [0.25, 0.3) is 5.56 Å². The summed E-state index contributed by atoms with van der Waals surface area (Å²) >= 11 is 0. The molecule has 0 spiro atoms. The van der Waals surface area contributed by atoms with E-state index in [2.05, 4.69) is 40.8 Å².